The Morgan fingerprint density at radius 1 is 0.967 bits per heavy atom. The Balaban J connectivity index is 1.70. The quantitative estimate of drug-likeness (QED) is 0.352. The van der Waals surface area contributed by atoms with Gasteiger partial charge in [0.1, 0.15) is 11.5 Å². The summed E-state index contributed by atoms with van der Waals surface area (Å²) in [7, 11) is 0. The molecular weight excluding hydrogens is 442 g/mol. The molecule has 0 bridgehead atoms. The Labute approximate surface area is 189 Å². The van der Waals surface area contributed by atoms with Crippen molar-refractivity contribution in [2.24, 2.45) is 0 Å². The van der Waals surface area contributed by atoms with Crippen molar-refractivity contribution in [1.82, 2.24) is 0 Å². The molecule has 164 valence electrons. The lowest BCUT2D eigenvalue weighted by Gasteiger charge is -2.20. The van der Waals surface area contributed by atoms with Gasteiger partial charge in [0.25, 0.3) is 0 Å². The van der Waals surface area contributed by atoms with E-state index in [4.69, 9.17) is 9.47 Å². The summed E-state index contributed by atoms with van der Waals surface area (Å²) in [4.78, 5) is 12.2. The van der Waals surface area contributed by atoms with Crippen LogP contribution in [-0.4, -0.2) is 19.1 Å². The monoisotopic (exact) mass is 475 g/mol. The lowest BCUT2D eigenvalue weighted by Crippen LogP contribution is -2.13. The van der Waals surface area contributed by atoms with Crippen LogP contribution in [0, 0.1) is 0 Å². The largest absolute Gasteiger partial charge is 0.494 e. The van der Waals surface area contributed by atoms with Crippen LogP contribution >= 0.6 is 15.9 Å². The minimum atomic E-state index is -0.0163. The Bertz CT molecular complexity index is 797. The minimum Gasteiger partial charge on any atom is -0.494 e. The molecule has 0 saturated heterocycles. The number of anilines is 1. The summed E-state index contributed by atoms with van der Waals surface area (Å²) >= 11 is 3.58. The molecule has 2 aromatic carbocycles. The van der Waals surface area contributed by atoms with Crippen LogP contribution in [0.4, 0.5) is 5.69 Å². The molecule has 30 heavy (non-hydrogen) atoms. The molecule has 0 aliphatic rings. The predicted octanol–water partition coefficient (Wildman–Crippen LogP) is 7.11. The maximum atomic E-state index is 12.2. The van der Waals surface area contributed by atoms with Gasteiger partial charge in [0, 0.05) is 12.1 Å². The highest BCUT2D eigenvalue weighted by Gasteiger charge is 2.15. The van der Waals surface area contributed by atoms with E-state index in [-0.39, 0.29) is 11.3 Å². The van der Waals surface area contributed by atoms with Crippen LogP contribution in [0.5, 0.6) is 11.5 Å². The van der Waals surface area contributed by atoms with Gasteiger partial charge in [0.05, 0.1) is 17.7 Å². The zero-order valence-corrected chi connectivity index (χ0v) is 20.2. The van der Waals surface area contributed by atoms with Crippen molar-refractivity contribution in [1.29, 1.82) is 0 Å². The highest BCUT2D eigenvalue weighted by atomic mass is 79.9. The second-order valence-electron chi connectivity index (χ2n) is 8.48. The van der Waals surface area contributed by atoms with Gasteiger partial charge in [-0.2, -0.15) is 0 Å². The zero-order valence-electron chi connectivity index (χ0n) is 18.6. The summed E-state index contributed by atoms with van der Waals surface area (Å²) in [5, 5.41) is 2.92. The Morgan fingerprint density at radius 2 is 1.67 bits per heavy atom. The molecule has 2 aromatic rings. The summed E-state index contributed by atoms with van der Waals surface area (Å²) in [6.45, 7) is 9.94. The van der Waals surface area contributed by atoms with Crippen LogP contribution < -0.4 is 14.8 Å². The maximum absolute atomic E-state index is 12.2. The lowest BCUT2D eigenvalue weighted by molar-refractivity contribution is -0.116. The van der Waals surface area contributed by atoms with Crippen molar-refractivity contribution in [2.75, 3.05) is 18.5 Å². The van der Waals surface area contributed by atoms with E-state index in [1.807, 2.05) is 30.3 Å². The average molecular weight is 476 g/mol. The SMILES string of the molecule is CCCCCOc1ccc(NC(=O)CCCOc2ccc(C(C)(C)C)cc2Br)cc1. The Morgan fingerprint density at radius 3 is 2.30 bits per heavy atom. The van der Waals surface area contributed by atoms with Crippen molar-refractivity contribution in [3.05, 3.63) is 52.5 Å². The molecule has 0 spiro atoms. The van der Waals surface area contributed by atoms with Crippen LogP contribution in [0.15, 0.2) is 46.9 Å². The number of carbonyl (C=O) groups is 1. The number of hydrogen-bond donors (Lipinski definition) is 1. The van der Waals surface area contributed by atoms with E-state index in [9.17, 15) is 4.79 Å². The van der Waals surface area contributed by atoms with Crippen LogP contribution in [0.1, 0.15) is 65.4 Å². The first kappa shape index (κ1) is 24.3. The van der Waals surface area contributed by atoms with Crippen molar-refractivity contribution in [2.45, 2.75) is 65.2 Å². The van der Waals surface area contributed by atoms with Gasteiger partial charge in [0.2, 0.25) is 5.91 Å². The molecule has 0 saturated carbocycles. The van der Waals surface area contributed by atoms with Crippen LogP contribution in [0.25, 0.3) is 0 Å². The van der Waals surface area contributed by atoms with Crippen molar-refractivity contribution in [3.8, 4) is 11.5 Å². The molecule has 2 rings (SSSR count). The van der Waals surface area contributed by atoms with E-state index in [1.165, 1.54) is 18.4 Å². The van der Waals surface area contributed by atoms with Gasteiger partial charge in [-0.25, -0.2) is 0 Å². The maximum Gasteiger partial charge on any atom is 0.224 e. The second-order valence-corrected chi connectivity index (χ2v) is 9.33. The molecule has 1 amide bonds. The fourth-order valence-electron chi connectivity index (χ4n) is 2.90. The number of ether oxygens (including phenoxy) is 2. The topological polar surface area (TPSA) is 47.6 Å². The van der Waals surface area contributed by atoms with Crippen LogP contribution in [0.2, 0.25) is 0 Å². The fraction of sp³-hybridized carbons (Fsp3) is 0.480. The van der Waals surface area contributed by atoms with Crippen molar-refractivity contribution < 1.29 is 14.3 Å². The van der Waals surface area contributed by atoms with E-state index in [2.05, 4.69) is 61.1 Å². The van der Waals surface area contributed by atoms with E-state index < -0.39 is 0 Å². The van der Waals surface area contributed by atoms with E-state index in [0.29, 0.717) is 19.4 Å². The van der Waals surface area contributed by atoms with E-state index in [0.717, 1.165) is 34.7 Å². The molecule has 0 fully saturated rings. The number of carbonyl (C=O) groups excluding carboxylic acids is 1. The van der Waals surface area contributed by atoms with Gasteiger partial charge < -0.3 is 14.8 Å². The molecule has 5 heteroatoms. The predicted molar refractivity (Wildman–Crippen MR) is 128 cm³/mol. The van der Waals surface area contributed by atoms with Gasteiger partial charge >= 0.3 is 0 Å². The van der Waals surface area contributed by atoms with Gasteiger partial charge in [-0.15, -0.1) is 0 Å². The first-order chi connectivity index (χ1) is 14.3. The third-order valence-electron chi connectivity index (χ3n) is 4.76. The van der Waals surface area contributed by atoms with Crippen molar-refractivity contribution in [3.63, 3.8) is 0 Å². The molecule has 1 N–H and O–H groups in total. The first-order valence-corrected chi connectivity index (χ1v) is 11.5. The van der Waals surface area contributed by atoms with Gasteiger partial charge in [0.15, 0.2) is 0 Å². The summed E-state index contributed by atoms with van der Waals surface area (Å²) in [5.41, 5.74) is 2.12. The third kappa shape index (κ3) is 8.39. The number of rotatable bonds is 11. The number of unbranched alkanes of at least 4 members (excludes halogenated alkanes) is 2. The highest BCUT2D eigenvalue weighted by molar-refractivity contribution is 9.10. The Kier molecular flexibility index (Phi) is 9.70. The lowest BCUT2D eigenvalue weighted by atomic mass is 9.87. The van der Waals surface area contributed by atoms with Crippen LogP contribution in [0.3, 0.4) is 0 Å². The molecule has 0 aliphatic heterocycles. The van der Waals surface area contributed by atoms with Crippen LogP contribution in [-0.2, 0) is 10.2 Å². The number of nitrogens with one attached hydrogen (secondary N) is 1. The summed E-state index contributed by atoms with van der Waals surface area (Å²) in [5.74, 6) is 1.62. The van der Waals surface area contributed by atoms with E-state index >= 15 is 0 Å². The van der Waals surface area contributed by atoms with E-state index in [1.54, 1.807) is 0 Å². The van der Waals surface area contributed by atoms with Crippen molar-refractivity contribution >= 4 is 27.5 Å². The smallest absolute Gasteiger partial charge is 0.224 e. The molecular formula is C25H34BrNO3. The molecule has 0 aliphatic carbocycles. The third-order valence-corrected chi connectivity index (χ3v) is 5.38. The number of halogens is 1. The molecule has 4 nitrogen and oxygen atoms in total. The Hall–Kier alpha value is -2.01. The number of amides is 1. The molecule has 0 unspecified atom stereocenters. The summed E-state index contributed by atoms with van der Waals surface area (Å²) < 4.78 is 12.5. The minimum absolute atomic E-state index is 0.0163. The molecule has 0 aromatic heterocycles. The molecule has 0 heterocycles. The molecule has 0 radical (unpaired) electrons. The normalized spacial score (nSPS) is 11.2. The second kappa shape index (κ2) is 12.0. The number of hydrogen-bond acceptors (Lipinski definition) is 3. The highest BCUT2D eigenvalue weighted by Crippen LogP contribution is 2.31. The summed E-state index contributed by atoms with van der Waals surface area (Å²) in [6.07, 6.45) is 4.48. The fourth-order valence-corrected chi connectivity index (χ4v) is 3.39. The average Bonchev–Trinajstić information content (AvgIpc) is 2.70. The zero-order chi connectivity index (χ0) is 22.0. The number of benzene rings is 2. The van der Waals surface area contributed by atoms with Gasteiger partial charge in [-0.1, -0.05) is 46.6 Å². The summed E-state index contributed by atoms with van der Waals surface area (Å²) in [6, 6.07) is 13.7. The molecule has 0 atom stereocenters. The standard InChI is InChI=1S/C25H34BrNO3/c1-5-6-7-16-29-21-13-11-20(12-14-21)27-24(28)9-8-17-30-23-15-10-19(18-22(23)26)25(2,3)4/h10-15,18H,5-9,16-17H2,1-4H3,(H,27,28). The van der Waals surface area contributed by atoms with Gasteiger partial charge in [-0.3, -0.25) is 4.79 Å². The first-order valence-electron chi connectivity index (χ1n) is 10.7. The van der Waals surface area contributed by atoms with Gasteiger partial charge in [-0.05, 0) is 76.1 Å².